The van der Waals surface area contributed by atoms with Gasteiger partial charge in [-0.1, -0.05) is 25.8 Å². The maximum Gasteiger partial charge on any atom is 0.206 e. The van der Waals surface area contributed by atoms with Gasteiger partial charge in [-0.15, -0.1) is 0 Å². The number of carbonyl (C=O) groups is 1. The summed E-state index contributed by atoms with van der Waals surface area (Å²) < 4.78 is 1.92. The second-order valence-electron chi connectivity index (χ2n) is 3.54. The van der Waals surface area contributed by atoms with E-state index in [1.165, 1.54) is 6.42 Å². The normalized spacial score (nSPS) is 10.1. The van der Waals surface area contributed by atoms with Gasteiger partial charge in [0.05, 0.1) is 0 Å². The summed E-state index contributed by atoms with van der Waals surface area (Å²) >= 11 is 0. The van der Waals surface area contributed by atoms with Crippen LogP contribution in [0.2, 0.25) is 0 Å². The first-order valence-electron chi connectivity index (χ1n) is 5.28. The second kappa shape index (κ2) is 6.30. The summed E-state index contributed by atoms with van der Waals surface area (Å²) in [6.45, 7) is 2.67. The standard InChI is InChI=1S/C12H18NO/c1-2-3-5-8-12(14)11-13-9-6-4-7-10-13/h4,6-7,9-10H,2-3,5,8,11H2,1H3/q+1. The lowest BCUT2D eigenvalue weighted by molar-refractivity contribution is -0.684. The van der Waals surface area contributed by atoms with Crippen molar-refractivity contribution in [2.75, 3.05) is 0 Å². The molecule has 1 aromatic rings. The van der Waals surface area contributed by atoms with E-state index in [1.54, 1.807) is 0 Å². The van der Waals surface area contributed by atoms with Crippen molar-refractivity contribution in [1.29, 1.82) is 0 Å². The number of aromatic nitrogens is 1. The van der Waals surface area contributed by atoms with Gasteiger partial charge >= 0.3 is 0 Å². The van der Waals surface area contributed by atoms with Gasteiger partial charge in [0.15, 0.2) is 18.2 Å². The monoisotopic (exact) mass is 192 g/mol. The van der Waals surface area contributed by atoms with E-state index >= 15 is 0 Å². The van der Waals surface area contributed by atoms with Gasteiger partial charge in [0, 0.05) is 18.6 Å². The van der Waals surface area contributed by atoms with Gasteiger partial charge < -0.3 is 0 Å². The van der Waals surface area contributed by atoms with Gasteiger partial charge in [-0.05, 0) is 6.42 Å². The molecule has 0 amide bonds. The lowest BCUT2D eigenvalue weighted by Gasteiger charge is -1.96. The van der Waals surface area contributed by atoms with Crippen molar-refractivity contribution in [3.05, 3.63) is 30.6 Å². The van der Waals surface area contributed by atoms with Crippen molar-refractivity contribution in [3.8, 4) is 0 Å². The van der Waals surface area contributed by atoms with Crippen molar-refractivity contribution in [2.24, 2.45) is 0 Å². The molecule has 0 aliphatic rings. The number of unbranched alkanes of at least 4 members (excludes halogenated alkanes) is 2. The molecular formula is C12H18NO+. The highest BCUT2D eigenvalue weighted by molar-refractivity contribution is 5.76. The van der Waals surface area contributed by atoms with Crippen LogP contribution in [0.15, 0.2) is 30.6 Å². The number of carbonyl (C=O) groups excluding carboxylic acids is 1. The largest absolute Gasteiger partial charge is 0.293 e. The zero-order valence-electron chi connectivity index (χ0n) is 8.78. The van der Waals surface area contributed by atoms with Crippen LogP contribution in [-0.4, -0.2) is 5.78 Å². The van der Waals surface area contributed by atoms with Gasteiger partial charge in [0.1, 0.15) is 0 Å². The fourth-order valence-corrected chi connectivity index (χ4v) is 1.39. The Morgan fingerprint density at radius 3 is 2.50 bits per heavy atom. The Bertz CT molecular complexity index is 269. The molecule has 0 aliphatic heterocycles. The Balaban J connectivity index is 2.27. The third-order valence-electron chi connectivity index (χ3n) is 2.20. The minimum atomic E-state index is 0.328. The molecule has 0 bridgehead atoms. The molecule has 0 atom stereocenters. The number of rotatable bonds is 6. The van der Waals surface area contributed by atoms with Crippen LogP contribution in [0, 0.1) is 0 Å². The van der Waals surface area contributed by atoms with Gasteiger partial charge in [0.25, 0.3) is 0 Å². The average molecular weight is 192 g/mol. The molecule has 1 rings (SSSR count). The van der Waals surface area contributed by atoms with Crippen LogP contribution >= 0.6 is 0 Å². The van der Waals surface area contributed by atoms with Gasteiger partial charge in [-0.3, -0.25) is 4.79 Å². The Morgan fingerprint density at radius 1 is 1.14 bits per heavy atom. The van der Waals surface area contributed by atoms with Crippen LogP contribution in [0.25, 0.3) is 0 Å². The number of hydrogen-bond donors (Lipinski definition) is 0. The summed E-state index contributed by atoms with van der Waals surface area (Å²) in [6, 6.07) is 5.84. The number of Topliss-reactive ketones (excluding diaryl/α,β-unsaturated/α-hetero) is 1. The van der Waals surface area contributed by atoms with Crippen LogP contribution < -0.4 is 4.57 Å². The summed E-state index contributed by atoms with van der Waals surface area (Å²) in [4.78, 5) is 11.5. The molecule has 0 radical (unpaired) electrons. The molecule has 76 valence electrons. The van der Waals surface area contributed by atoms with E-state index in [9.17, 15) is 4.79 Å². The number of ketones is 1. The SMILES string of the molecule is CCCCCC(=O)C[n+]1ccccc1. The number of nitrogens with zero attached hydrogens (tertiary/aromatic N) is 1. The topological polar surface area (TPSA) is 20.9 Å². The first-order chi connectivity index (χ1) is 6.83. The van der Waals surface area contributed by atoms with E-state index in [2.05, 4.69) is 6.92 Å². The molecule has 1 heterocycles. The Hall–Kier alpha value is -1.18. The van der Waals surface area contributed by atoms with Crippen LogP contribution in [0.1, 0.15) is 32.6 Å². The molecule has 0 saturated heterocycles. The number of hydrogen-bond acceptors (Lipinski definition) is 1. The van der Waals surface area contributed by atoms with E-state index in [0.717, 1.165) is 19.3 Å². The maximum atomic E-state index is 11.5. The van der Waals surface area contributed by atoms with Crippen LogP contribution in [0.5, 0.6) is 0 Å². The van der Waals surface area contributed by atoms with Crippen molar-refractivity contribution in [1.82, 2.24) is 0 Å². The Labute approximate surface area is 85.6 Å². The summed E-state index contributed by atoms with van der Waals surface area (Å²) in [6.07, 6.45) is 7.94. The molecule has 0 aromatic carbocycles. The highest BCUT2D eigenvalue weighted by Gasteiger charge is 2.07. The van der Waals surface area contributed by atoms with E-state index < -0.39 is 0 Å². The van der Waals surface area contributed by atoms with Crippen molar-refractivity contribution in [2.45, 2.75) is 39.2 Å². The lowest BCUT2D eigenvalue weighted by Crippen LogP contribution is -2.36. The van der Waals surface area contributed by atoms with Crippen molar-refractivity contribution >= 4 is 5.78 Å². The predicted octanol–water partition coefficient (Wildman–Crippen LogP) is 2.12. The van der Waals surface area contributed by atoms with Crippen LogP contribution in [0.4, 0.5) is 0 Å². The summed E-state index contributed by atoms with van der Waals surface area (Å²) in [5.41, 5.74) is 0. The Kier molecular flexibility index (Phi) is 4.90. The third kappa shape index (κ3) is 4.17. The molecule has 0 N–H and O–H groups in total. The van der Waals surface area contributed by atoms with Crippen LogP contribution in [0.3, 0.4) is 0 Å². The van der Waals surface area contributed by atoms with E-state index in [0.29, 0.717) is 12.3 Å². The predicted molar refractivity (Wildman–Crippen MR) is 55.8 cm³/mol. The molecule has 0 spiro atoms. The first kappa shape index (κ1) is 10.9. The smallest absolute Gasteiger partial charge is 0.206 e. The molecule has 14 heavy (non-hydrogen) atoms. The minimum absolute atomic E-state index is 0.328. The second-order valence-corrected chi connectivity index (χ2v) is 3.54. The Morgan fingerprint density at radius 2 is 1.86 bits per heavy atom. The molecule has 0 unspecified atom stereocenters. The zero-order chi connectivity index (χ0) is 10.2. The fourth-order valence-electron chi connectivity index (χ4n) is 1.39. The lowest BCUT2D eigenvalue weighted by atomic mass is 10.1. The zero-order valence-corrected chi connectivity index (χ0v) is 8.78. The van der Waals surface area contributed by atoms with E-state index in [1.807, 2.05) is 35.2 Å². The van der Waals surface area contributed by atoms with Crippen molar-refractivity contribution < 1.29 is 9.36 Å². The average Bonchev–Trinajstić information content (AvgIpc) is 2.20. The molecule has 1 aromatic heterocycles. The number of pyridine rings is 1. The third-order valence-corrected chi connectivity index (χ3v) is 2.20. The highest BCUT2D eigenvalue weighted by atomic mass is 16.1. The summed E-state index contributed by atoms with van der Waals surface area (Å²) in [7, 11) is 0. The van der Waals surface area contributed by atoms with Crippen LogP contribution in [-0.2, 0) is 11.3 Å². The summed E-state index contributed by atoms with van der Waals surface area (Å²) in [5.74, 6) is 0.328. The summed E-state index contributed by atoms with van der Waals surface area (Å²) in [5, 5.41) is 0. The maximum absolute atomic E-state index is 11.5. The minimum Gasteiger partial charge on any atom is -0.293 e. The molecule has 2 heteroatoms. The fraction of sp³-hybridized carbons (Fsp3) is 0.500. The molecule has 0 saturated carbocycles. The quantitative estimate of drug-likeness (QED) is 0.499. The first-order valence-corrected chi connectivity index (χ1v) is 5.28. The van der Waals surface area contributed by atoms with E-state index in [4.69, 9.17) is 0 Å². The molecule has 0 fully saturated rings. The molecule has 2 nitrogen and oxygen atoms in total. The van der Waals surface area contributed by atoms with Gasteiger partial charge in [0.2, 0.25) is 6.54 Å². The van der Waals surface area contributed by atoms with E-state index in [-0.39, 0.29) is 0 Å². The van der Waals surface area contributed by atoms with Gasteiger partial charge in [-0.25, -0.2) is 0 Å². The molecular weight excluding hydrogens is 174 g/mol. The van der Waals surface area contributed by atoms with Gasteiger partial charge in [-0.2, -0.15) is 4.57 Å². The highest BCUT2D eigenvalue weighted by Crippen LogP contribution is 1.99. The van der Waals surface area contributed by atoms with Crippen molar-refractivity contribution in [3.63, 3.8) is 0 Å². The molecule has 0 aliphatic carbocycles.